The highest BCUT2D eigenvalue weighted by Crippen LogP contribution is 2.24. The highest BCUT2D eigenvalue weighted by molar-refractivity contribution is 6.38. The summed E-state index contributed by atoms with van der Waals surface area (Å²) in [5.41, 5.74) is 0.239. The number of ketones is 1. The van der Waals surface area contributed by atoms with Gasteiger partial charge in [0.25, 0.3) is 11.8 Å². The number of amides is 5. The maximum atomic E-state index is 13.3. The first-order chi connectivity index (χ1) is 17.2. The van der Waals surface area contributed by atoms with E-state index in [0.29, 0.717) is 32.7 Å². The van der Waals surface area contributed by atoms with Gasteiger partial charge in [-0.05, 0) is 50.8 Å². The van der Waals surface area contributed by atoms with Crippen LogP contribution in [-0.4, -0.2) is 78.9 Å². The van der Waals surface area contributed by atoms with Crippen molar-refractivity contribution in [2.45, 2.75) is 50.7 Å². The van der Waals surface area contributed by atoms with E-state index in [9.17, 15) is 24.0 Å². The van der Waals surface area contributed by atoms with Gasteiger partial charge in [-0.1, -0.05) is 11.6 Å². The number of benzene rings is 1. The van der Waals surface area contributed by atoms with Crippen molar-refractivity contribution in [1.29, 1.82) is 0 Å². The molecule has 11 nitrogen and oxygen atoms in total. The first-order valence-electron chi connectivity index (χ1n) is 12.1. The van der Waals surface area contributed by atoms with Gasteiger partial charge in [0.1, 0.15) is 0 Å². The maximum absolute atomic E-state index is 13.3. The second-order valence-electron chi connectivity index (χ2n) is 9.44. The summed E-state index contributed by atoms with van der Waals surface area (Å²) < 4.78 is 5.26. The number of anilines is 1. The van der Waals surface area contributed by atoms with E-state index >= 15 is 0 Å². The lowest BCUT2D eigenvalue weighted by atomic mass is 9.93. The molecule has 1 unspecified atom stereocenters. The molecule has 0 spiro atoms. The second kappa shape index (κ2) is 11.3. The molecule has 0 bridgehead atoms. The molecule has 1 saturated carbocycles. The zero-order chi connectivity index (χ0) is 25.8. The van der Waals surface area contributed by atoms with Gasteiger partial charge in [0, 0.05) is 36.1 Å². The van der Waals surface area contributed by atoms with Gasteiger partial charge in [-0.15, -0.1) is 0 Å². The quantitative estimate of drug-likeness (QED) is 0.378. The molecule has 4 N–H and O–H groups in total. The van der Waals surface area contributed by atoms with Crippen LogP contribution in [0.5, 0.6) is 0 Å². The number of carbonyl (C=O) groups excluding carboxylic acids is 5. The van der Waals surface area contributed by atoms with Crippen LogP contribution >= 0.6 is 11.6 Å². The van der Waals surface area contributed by atoms with Crippen molar-refractivity contribution in [2.24, 2.45) is 5.92 Å². The fourth-order valence-electron chi connectivity index (χ4n) is 4.33. The molecule has 2 aliphatic heterocycles. The van der Waals surface area contributed by atoms with Crippen LogP contribution in [0, 0.1) is 5.92 Å². The summed E-state index contributed by atoms with van der Waals surface area (Å²) in [6.07, 6.45) is 2.07. The summed E-state index contributed by atoms with van der Waals surface area (Å²) in [6.45, 7) is 3.51. The molecule has 36 heavy (non-hydrogen) atoms. The van der Waals surface area contributed by atoms with Crippen LogP contribution in [0.2, 0.25) is 5.02 Å². The van der Waals surface area contributed by atoms with Crippen LogP contribution < -0.4 is 21.3 Å². The predicted molar refractivity (Wildman–Crippen MR) is 131 cm³/mol. The Bertz CT molecular complexity index is 1060. The number of Topliss-reactive ketones (excluding diaryl/α,β-unsaturated/α-hetero) is 1. The minimum atomic E-state index is -1.22. The number of hydrogen-bond donors (Lipinski definition) is 4. The van der Waals surface area contributed by atoms with Gasteiger partial charge < -0.3 is 30.9 Å². The first kappa shape index (κ1) is 25.9. The molecule has 1 aromatic rings. The van der Waals surface area contributed by atoms with Crippen LogP contribution in [0.4, 0.5) is 10.5 Å². The molecular weight excluding hydrogens is 490 g/mol. The molecule has 0 radical (unpaired) electrons. The van der Waals surface area contributed by atoms with Crippen LogP contribution in [0.3, 0.4) is 0 Å². The van der Waals surface area contributed by atoms with Gasteiger partial charge in [-0.3, -0.25) is 19.2 Å². The predicted octanol–water partition coefficient (Wildman–Crippen LogP) is 1.06. The summed E-state index contributed by atoms with van der Waals surface area (Å²) in [5, 5.41) is 11.0. The van der Waals surface area contributed by atoms with Gasteiger partial charge in [-0.2, -0.15) is 0 Å². The molecule has 4 rings (SSSR count). The summed E-state index contributed by atoms with van der Waals surface area (Å²) in [5.74, 6) is -3.05. The number of carbonyl (C=O) groups is 5. The molecule has 5 amide bonds. The molecule has 3 fully saturated rings. The number of nitrogens with one attached hydrogen (secondary N) is 4. The van der Waals surface area contributed by atoms with Crippen LogP contribution in [-0.2, 0) is 19.1 Å². The number of morpholine rings is 1. The fraction of sp³-hybridized carbons (Fsp3) is 0.542. The van der Waals surface area contributed by atoms with Gasteiger partial charge in [0.2, 0.25) is 11.7 Å². The Labute approximate surface area is 213 Å². The molecule has 194 valence electrons. The molecule has 2 saturated heterocycles. The van der Waals surface area contributed by atoms with Crippen LogP contribution in [0.25, 0.3) is 0 Å². The normalized spacial score (nSPS) is 22.4. The molecule has 2 heterocycles. The van der Waals surface area contributed by atoms with Crippen molar-refractivity contribution in [1.82, 2.24) is 20.9 Å². The molecule has 12 heteroatoms. The lowest BCUT2D eigenvalue weighted by Gasteiger charge is -2.27. The number of urea groups is 1. The lowest BCUT2D eigenvalue weighted by Crippen LogP contribution is -2.49. The highest BCUT2D eigenvalue weighted by Gasteiger charge is 2.37. The van der Waals surface area contributed by atoms with Gasteiger partial charge in [-0.25, -0.2) is 4.79 Å². The van der Waals surface area contributed by atoms with E-state index in [1.807, 2.05) is 6.92 Å². The largest absolute Gasteiger partial charge is 0.378 e. The third kappa shape index (κ3) is 6.52. The van der Waals surface area contributed by atoms with E-state index in [0.717, 1.165) is 12.8 Å². The van der Waals surface area contributed by atoms with E-state index in [4.69, 9.17) is 16.3 Å². The van der Waals surface area contributed by atoms with E-state index < -0.39 is 35.6 Å². The van der Waals surface area contributed by atoms with Crippen molar-refractivity contribution < 1.29 is 28.7 Å². The lowest BCUT2D eigenvalue weighted by molar-refractivity contribution is -0.139. The van der Waals surface area contributed by atoms with Crippen molar-refractivity contribution >= 4 is 46.8 Å². The topological polar surface area (TPSA) is 146 Å². The van der Waals surface area contributed by atoms with Crippen molar-refractivity contribution in [2.75, 3.05) is 31.6 Å². The summed E-state index contributed by atoms with van der Waals surface area (Å²) in [4.78, 5) is 65.4. The van der Waals surface area contributed by atoms with E-state index in [1.165, 1.54) is 18.2 Å². The fourth-order valence-corrected chi connectivity index (χ4v) is 4.50. The van der Waals surface area contributed by atoms with Crippen molar-refractivity contribution in [3.63, 3.8) is 0 Å². The summed E-state index contributed by atoms with van der Waals surface area (Å²) in [6, 6.07) is 2.68. The average Bonchev–Trinajstić information content (AvgIpc) is 3.61. The zero-order valence-electron chi connectivity index (χ0n) is 20.0. The van der Waals surface area contributed by atoms with E-state index in [-0.39, 0.29) is 40.7 Å². The molecular formula is C24H30ClN5O6. The number of halogens is 1. The van der Waals surface area contributed by atoms with Gasteiger partial charge in [0.15, 0.2) is 0 Å². The van der Waals surface area contributed by atoms with Crippen molar-refractivity contribution in [3.05, 3.63) is 28.8 Å². The highest BCUT2D eigenvalue weighted by atomic mass is 35.5. The first-order valence-corrected chi connectivity index (χ1v) is 12.5. The smallest absolute Gasteiger partial charge is 0.322 e. The molecule has 3 atom stereocenters. The monoisotopic (exact) mass is 519 g/mol. The Kier molecular flexibility index (Phi) is 8.10. The standard InChI is InChI=1S/C24H30ClN5O6/c1-13-10-14(21(32)26-13)11-19(20(31)23(34)27-16-3-4-16)28-22(33)17-12-15(25)2-5-18(17)29-24(35)30-6-8-36-9-7-30/h2,5,12-14,16,19H,3-4,6-11H2,1H3,(H,26,32)(H,27,34)(H,28,33)(H,29,35)/t13-,14+,19?/m1/s1. The SMILES string of the molecule is C[C@@H]1C[C@@H](CC(NC(=O)c2cc(Cl)ccc2NC(=O)N2CCOCC2)C(=O)C(=O)NC2CC2)C(=O)N1. The minimum absolute atomic E-state index is 0.0190. The minimum Gasteiger partial charge on any atom is -0.378 e. The Balaban J connectivity index is 1.52. The van der Waals surface area contributed by atoms with Crippen LogP contribution in [0.1, 0.15) is 43.0 Å². The number of nitrogens with zero attached hydrogens (tertiary/aromatic N) is 1. The average molecular weight is 520 g/mol. The molecule has 0 aromatic heterocycles. The summed E-state index contributed by atoms with van der Waals surface area (Å²) in [7, 11) is 0. The Morgan fingerprint density at radius 1 is 1.19 bits per heavy atom. The van der Waals surface area contributed by atoms with Crippen molar-refractivity contribution in [3.8, 4) is 0 Å². The molecule has 1 aromatic carbocycles. The maximum Gasteiger partial charge on any atom is 0.322 e. The second-order valence-corrected chi connectivity index (χ2v) is 9.87. The molecule has 3 aliphatic rings. The zero-order valence-corrected chi connectivity index (χ0v) is 20.7. The van der Waals surface area contributed by atoms with Crippen LogP contribution in [0.15, 0.2) is 18.2 Å². The van der Waals surface area contributed by atoms with Gasteiger partial charge in [0.05, 0.1) is 30.5 Å². The number of hydrogen-bond acceptors (Lipinski definition) is 6. The third-order valence-electron chi connectivity index (χ3n) is 6.44. The summed E-state index contributed by atoms with van der Waals surface area (Å²) >= 11 is 6.13. The van der Waals surface area contributed by atoms with E-state index in [2.05, 4.69) is 21.3 Å². The Hall–Kier alpha value is -3.18. The van der Waals surface area contributed by atoms with Gasteiger partial charge >= 0.3 is 6.03 Å². The number of rotatable bonds is 8. The third-order valence-corrected chi connectivity index (χ3v) is 6.68. The Morgan fingerprint density at radius 2 is 1.92 bits per heavy atom. The Morgan fingerprint density at radius 3 is 2.56 bits per heavy atom. The molecule has 1 aliphatic carbocycles. The van der Waals surface area contributed by atoms with E-state index in [1.54, 1.807) is 4.90 Å². The number of ether oxygens (including phenoxy) is 1.